The lowest BCUT2D eigenvalue weighted by Gasteiger charge is -2.08. The van der Waals surface area contributed by atoms with Crippen molar-refractivity contribution in [3.63, 3.8) is 0 Å². The fourth-order valence-corrected chi connectivity index (χ4v) is 2.04. The van der Waals surface area contributed by atoms with Crippen LogP contribution in [-0.4, -0.2) is 20.7 Å². The summed E-state index contributed by atoms with van der Waals surface area (Å²) < 4.78 is 6.38. The van der Waals surface area contributed by atoms with Gasteiger partial charge in [0, 0.05) is 4.47 Å². The monoisotopic (exact) mass is 297 g/mol. The van der Waals surface area contributed by atoms with Gasteiger partial charge in [-0.3, -0.25) is 0 Å². The molecule has 1 aromatic rings. The molecule has 0 saturated heterocycles. The Morgan fingerprint density at radius 3 is 2.88 bits per heavy atom. The maximum absolute atomic E-state index is 5.24. The van der Waals surface area contributed by atoms with E-state index in [9.17, 15) is 0 Å². The first kappa shape index (κ1) is 14.3. The van der Waals surface area contributed by atoms with E-state index in [2.05, 4.69) is 40.3 Å². The van der Waals surface area contributed by atoms with Crippen molar-refractivity contribution in [1.82, 2.24) is 5.32 Å². The summed E-state index contributed by atoms with van der Waals surface area (Å²) in [4.78, 5) is 0. The van der Waals surface area contributed by atoms with E-state index in [-0.39, 0.29) is 0 Å². The lowest BCUT2D eigenvalue weighted by Crippen LogP contribution is -2.06. The number of nitrogens with one attached hydrogen (secondary N) is 1. The van der Waals surface area contributed by atoms with Crippen LogP contribution in [0.2, 0.25) is 0 Å². The molecule has 94 valence electrons. The average Bonchev–Trinajstić information content (AvgIpc) is 2.32. The van der Waals surface area contributed by atoms with Crippen LogP contribution in [0.5, 0.6) is 5.75 Å². The topological polar surface area (TPSA) is 21.3 Å². The van der Waals surface area contributed by atoms with Crippen LogP contribution in [0.4, 0.5) is 0 Å². The Kier molecular flexibility index (Phi) is 6.30. The molecule has 1 aromatic carbocycles. The fourth-order valence-electron chi connectivity index (χ4n) is 1.65. The summed E-state index contributed by atoms with van der Waals surface area (Å²) in [6.07, 6.45) is 4.31. The SMILES string of the molecule is CNCCC=C(C)Cc1cc(OC)ccc1Br. The van der Waals surface area contributed by atoms with Gasteiger partial charge in [0.05, 0.1) is 7.11 Å². The van der Waals surface area contributed by atoms with Crippen LogP contribution in [0, 0.1) is 0 Å². The van der Waals surface area contributed by atoms with E-state index < -0.39 is 0 Å². The van der Waals surface area contributed by atoms with Crippen molar-refractivity contribution in [3.8, 4) is 5.75 Å². The largest absolute Gasteiger partial charge is 0.497 e. The van der Waals surface area contributed by atoms with Crippen LogP contribution < -0.4 is 10.1 Å². The number of halogens is 1. The molecule has 2 nitrogen and oxygen atoms in total. The Bertz CT molecular complexity index is 388. The zero-order chi connectivity index (χ0) is 12.7. The molecule has 0 bridgehead atoms. The van der Waals surface area contributed by atoms with Crippen LogP contribution >= 0.6 is 15.9 Å². The Hall–Kier alpha value is -0.800. The molecule has 0 spiro atoms. The molecule has 0 amide bonds. The highest BCUT2D eigenvalue weighted by molar-refractivity contribution is 9.10. The summed E-state index contributed by atoms with van der Waals surface area (Å²) in [6.45, 7) is 3.19. The minimum atomic E-state index is 0.909. The van der Waals surface area contributed by atoms with E-state index in [1.165, 1.54) is 11.1 Å². The lowest BCUT2D eigenvalue weighted by molar-refractivity contribution is 0.414. The summed E-state index contributed by atoms with van der Waals surface area (Å²) in [7, 11) is 3.67. The molecule has 0 radical (unpaired) electrons. The number of benzene rings is 1. The third-order valence-electron chi connectivity index (χ3n) is 2.61. The second-order valence-electron chi connectivity index (χ2n) is 4.08. The standard InChI is InChI=1S/C14H20BrNO/c1-11(5-4-8-16-2)9-12-10-13(17-3)6-7-14(12)15/h5-7,10,16H,4,8-9H2,1-3H3. The Morgan fingerprint density at radius 1 is 1.47 bits per heavy atom. The van der Waals surface area contributed by atoms with Crippen LogP contribution in [0.1, 0.15) is 18.9 Å². The molecule has 0 saturated carbocycles. The highest BCUT2D eigenvalue weighted by Crippen LogP contribution is 2.24. The number of allylic oxidation sites excluding steroid dienone is 1. The Labute approximate surface area is 112 Å². The molecule has 0 aliphatic carbocycles. The zero-order valence-electron chi connectivity index (χ0n) is 10.7. The zero-order valence-corrected chi connectivity index (χ0v) is 12.3. The molecule has 1 N–H and O–H groups in total. The van der Waals surface area contributed by atoms with E-state index in [1.807, 2.05) is 19.2 Å². The molecule has 17 heavy (non-hydrogen) atoms. The van der Waals surface area contributed by atoms with E-state index in [4.69, 9.17) is 4.74 Å². The molecule has 0 heterocycles. The minimum Gasteiger partial charge on any atom is -0.497 e. The average molecular weight is 298 g/mol. The number of hydrogen-bond donors (Lipinski definition) is 1. The minimum absolute atomic E-state index is 0.909. The summed E-state index contributed by atoms with van der Waals surface area (Å²) in [5, 5.41) is 3.14. The summed E-state index contributed by atoms with van der Waals surface area (Å²) in [5.41, 5.74) is 2.65. The number of rotatable bonds is 6. The maximum atomic E-state index is 5.24. The third-order valence-corrected chi connectivity index (χ3v) is 3.38. The first-order valence-electron chi connectivity index (χ1n) is 5.80. The number of methoxy groups -OCH3 is 1. The van der Waals surface area contributed by atoms with E-state index in [1.54, 1.807) is 7.11 Å². The van der Waals surface area contributed by atoms with Gasteiger partial charge in [-0.25, -0.2) is 0 Å². The van der Waals surface area contributed by atoms with Crippen LogP contribution in [-0.2, 0) is 6.42 Å². The second kappa shape index (κ2) is 7.51. The van der Waals surface area contributed by atoms with Crippen molar-refractivity contribution in [2.45, 2.75) is 19.8 Å². The molecule has 0 unspecified atom stereocenters. The van der Waals surface area contributed by atoms with Crippen LogP contribution in [0.15, 0.2) is 34.3 Å². The molecule has 0 aromatic heterocycles. The highest BCUT2D eigenvalue weighted by Gasteiger charge is 2.02. The molecule has 0 aliphatic rings. The van der Waals surface area contributed by atoms with Crippen LogP contribution in [0.25, 0.3) is 0 Å². The van der Waals surface area contributed by atoms with Gasteiger partial charge in [-0.2, -0.15) is 0 Å². The van der Waals surface area contributed by atoms with Gasteiger partial charge < -0.3 is 10.1 Å². The van der Waals surface area contributed by atoms with Gasteiger partial charge in [-0.1, -0.05) is 27.6 Å². The van der Waals surface area contributed by atoms with E-state index in [0.29, 0.717) is 0 Å². The molecule has 1 rings (SSSR count). The first-order chi connectivity index (χ1) is 8.17. The van der Waals surface area contributed by atoms with E-state index >= 15 is 0 Å². The molecule has 0 aliphatic heterocycles. The van der Waals surface area contributed by atoms with Crippen molar-refractivity contribution in [2.24, 2.45) is 0 Å². The summed E-state index contributed by atoms with van der Waals surface area (Å²) in [6, 6.07) is 6.09. The fraction of sp³-hybridized carbons (Fsp3) is 0.429. The Balaban J connectivity index is 2.69. The smallest absolute Gasteiger partial charge is 0.119 e. The van der Waals surface area contributed by atoms with Crippen molar-refractivity contribution in [2.75, 3.05) is 20.7 Å². The van der Waals surface area contributed by atoms with Crippen molar-refractivity contribution in [3.05, 3.63) is 39.9 Å². The lowest BCUT2D eigenvalue weighted by atomic mass is 10.1. The molecule has 0 atom stereocenters. The van der Waals surface area contributed by atoms with Crippen molar-refractivity contribution >= 4 is 15.9 Å². The van der Waals surface area contributed by atoms with Crippen molar-refractivity contribution < 1.29 is 4.74 Å². The highest BCUT2D eigenvalue weighted by atomic mass is 79.9. The number of hydrogen-bond acceptors (Lipinski definition) is 2. The normalized spacial score (nSPS) is 11.6. The van der Waals surface area contributed by atoms with Crippen LogP contribution in [0.3, 0.4) is 0 Å². The first-order valence-corrected chi connectivity index (χ1v) is 6.59. The Morgan fingerprint density at radius 2 is 2.24 bits per heavy atom. The summed E-state index contributed by atoms with van der Waals surface area (Å²) >= 11 is 3.57. The molecule has 3 heteroatoms. The molecular formula is C14H20BrNO. The second-order valence-corrected chi connectivity index (χ2v) is 4.93. The van der Waals surface area contributed by atoms with Gasteiger partial charge in [0.2, 0.25) is 0 Å². The maximum Gasteiger partial charge on any atom is 0.119 e. The predicted molar refractivity (Wildman–Crippen MR) is 76.7 cm³/mol. The van der Waals surface area contributed by atoms with Gasteiger partial charge in [0.15, 0.2) is 0 Å². The van der Waals surface area contributed by atoms with Gasteiger partial charge in [0.25, 0.3) is 0 Å². The summed E-state index contributed by atoms with van der Waals surface area (Å²) in [5.74, 6) is 0.909. The van der Waals surface area contributed by atoms with Crippen molar-refractivity contribution in [1.29, 1.82) is 0 Å². The van der Waals surface area contributed by atoms with E-state index in [0.717, 1.165) is 29.6 Å². The predicted octanol–water partition coefficient (Wildman–Crippen LogP) is 3.56. The third kappa shape index (κ3) is 4.92. The van der Waals surface area contributed by atoms with Gasteiger partial charge in [-0.05, 0) is 57.1 Å². The van der Waals surface area contributed by atoms with Gasteiger partial charge in [0.1, 0.15) is 5.75 Å². The van der Waals surface area contributed by atoms with Gasteiger partial charge in [-0.15, -0.1) is 0 Å². The quantitative estimate of drug-likeness (QED) is 0.640. The number of ether oxygens (including phenoxy) is 1. The molecular weight excluding hydrogens is 278 g/mol. The van der Waals surface area contributed by atoms with Gasteiger partial charge >= 0.3 is 0 Å². The molecule has 0 fully saturated rings.